The van der Waals surface area contributed by atoms with Gasteiger partial charge in [0.1, 0.15) is 5.75 Å². The van der Waals surface area contributed by atoms with Gasteiger partial charge in [0, 0.05) is 31.5 Å². The molecule has 0 fully saturated rings. The van der Waals surface area contributed by atoms with Gasteiger partial charge in [0.05, 0.1) is 13.7 Å². The third-order valence-electron chi connectivity index (χ3n) is 3.08. The second-order valence-electron chi connectivity index (χ2n) is 4.50. The van der Waals surface area contributed by atoms with Gasteiger partial charge < -0.3 is 14.6 Å². The van der Waals surface area contributed by atoms with Gasteiger partial charge in [-0.05, 0) is 24.7 Å². The predicted molar refractivity (Wildman–Crippen MR) is 74.5 cm³/mol. The number of nitrogens with zero attached hydrogens (tertiary/aromatic N) is 2. The highest BCUT2D eigenvalue weighted by Gasteiger charge is 2.07. The molecule has 1 aromatic heterocycles. The zero-order chi connectivity index (χ0) is 13.8. The Kier molecular flexibility index (Phi) is 4.06. The maximum absolute atomic E-state index is 11.9. The first-order chi connectivity index (χ1) is 9.15. The summed E-state index contributed by atoms with van der Waals surface area (Å²) in [6.45, 7) is 1.31. The second-order valence-corrected chi connectivity index (χ2v) is 4.50. The lowest BCUT2D eigenvalue weighted by Crippen LogP contribution is -2.22. The topological polar surface area (TPSA) is 48.2 Å². The Balaban J connectivity index is 2.34. The largest absolute Gasteiger partial charge is 0.496 e. The molecule has 0 saturated carbocycles. The van der Waals surface area contributed by atoms with Crippen molar-refractivity contribution in [1.82, 2.24) is 14.5 Å². The standard InChI is InChI=1S/C14H19N3O2/c1-15-9-11-4-5-13(19-3)12(8-11)10-17-7-6-16(2)14(17)18/h4-8,15H,9-10H2,1-3H3. The van der Waals surface area contributed by atoms with E-state index < -0.39 is 0 Å². The van der Waals surface area contributed by atoms with Crippen molar-refractivity contribution in [2.45, 2.75) is 13.1 Å². The molecule has 0 aliphatic rings. The lowest BCUT2D eigenvalue weighted by atomic mass is 10.1. The number of hydrogen-bond acceptors (Lipinski definition) is 3. The third kappa shape index (κ3) is 2.88. The second kappa shape index (κ2) is 5.75. The van der Waals surface area contributed by atoms with Gasteiger partial charge in [-0.3, -0.25) is 4.57 Å². The minimum absolute atomic E-state index is 0.0268. The van der Waals surface area contributed by atoms with Crippen molar-refractivity contribution >= 4 is 0 Å². The fourth-order valence-electron chi connectivity index (χ4n) is 2.08. The number of methoxy groups -OCH3 is 1. The molecule has 0 amide bonds. The Labute approximate surface area is 112 Å². The molecule has 0 unspecified atom stereocenters. The van der Waals surface area contributed by atoms with E-state index in [1.165, 1.54) is 5.56 Å². The maximum atomic E-state index is 11.9. The van der Waals surface area contributed by atoms with Crippen molar-refractivity contribution in [3.05, 3.63) is 52.2 Å². The molecule has 5 nitrogen and oxygen atoms in total. The molecule has 1 N–H and O–H groups in total. The van der Waals surface area contributed by atoms with E-state index in [2.05, 4.69) is 11.4 Å². The fraction of sp³-hybridized carbons (Fsp3) is 0.357. The minimum Gasteiger partial charge on any atom is -0.496 e. The maximum Gasteiger partial charge on any atom is 0.328 e. The summed E-state index contributed by atoms with van der Waals surface area (Å²) in [5.41, 5.74) is 2.15. The molecule has 1 aromatic carbocycles. The van der Waals surface area contributed by atoms with Gasteiger partial charge in [0.15, 0.2) is 0 Å². The molecule has 0 atom stereocenters. The van der Waals surface area contributed by atoms with Crippen molar-refractivity contribution < 1.29 is 4.74 Å². The van der Waals surface area contributed by atoms with Crippen LogP contribution in [0.15, 0.2) is 35.4 Å². The van der Waals surface area contributed by atoms with Gasteiger partial charge in [-0.15, -0.1) is 0 Å². The fourth-order valence-corrected chi connectivity index (χ4v) is 2.08. The molecule has 0 saturated heterocycles. The predicted octanol–water partition coefficient (Wildman–Crippen LogP) is 0.963. The molecular weight excluding hydrogens is 242 g/mol. The van der Waals surface area contributed by atoms with Crippen molar-refractivity contribution in [3.63, 3.8) is 0 Å². The lowest BCUT2D eigenvalue weighted by molar-refractivity contribution is 0.408. The van der Waals surface area contributed by atoms with Crippen LogP contribution in [-0.2, 0) is 20.1 Å². The SMILES string of the molecule is CNCc1ccc(OC)c(Cn2ccn(C)c2=O)c1. The number of rotatable bonds is 5. The van der Waals surface area contributed by atoms with Gasteiger partial charge >= 0.3 is 5.69 Å². The zero-order valence-electron chi connectivity index (χ0n) is 11.5. The van der Waals surface area contributed by atoms with E-state index in [1.54, 1.807) is 35.7 Å². The van der Waals surface area contributed by atoms with Gasteiger partial charge in [0.25, 0.3) is 0 Å². The van der Waals surface area contributed by atoms with E-state index in [0.717, 1.165) is 17.9 Å². The Hall–Kier alpha value is -2.01. The van der Waals surface area contributed by atoms with Crippen LogP contribution in [-0.4, -0.2) is 23.3 Å². The molecular formula is C14H19N3O2. The van der Waals surface area contributed by atoms with Crippen LogP contribution in [0, 0.1) is 0 Å². The van der Waals surface area contributed by atoms with Crippen molar-refractivity contribution in [2.75, 3.05) is 14.2 Å². The quantitative estimate of drug-likeness (QED) is 0.872. The molecule has 1 heterocycles. The number of imidazole rings is 1. The van der Waals surface area contributed by atoms with Crippen molar-refractivity contribution in [1.29, 1.82) is 0 Å². The first kappa shape index (κ1) is 13.4. The molecule has 19 heavy (non-hydrogen) atoms. The van der Waals surface area contributed by atoms with E-state index >= 15 is 0 Å². The monoisotopic (exact) mass is 261 g/mol. The van der Waals surface area contributed by atoms with Crippen LogP contribution in [0.2, 0.25) is 0 Å². The number of nitrogens with one attached hydrogen (secondary N) is 1. The first-order valence-electron chi connectivity index (χ1n) is 6.18. The van der Waals surface area contributed by atoms with E-state index in [4.69, 9.17) is 4.74 Å². The summed E-state index contributed by atoms with van der Waals surface area (Å²) in [5.74, 6) is 0.801. The molecule has 0 bridgehead atoms. The highest BCUT2D eigenvalue weighted by Crippen LogP contribution is 2.20. The first-order valence-corrected chi connectivity index (χ1v) is 6.18. The summed E-state index contributed by atoms with van der Waals surface area (Å²) in [4.78, 5) is 11.9. The summed E-state index contributed by atoms with van der Waals surface area (Å²) < 4.78 is 8.58. The number of aromatic nitrogens is 2. The molecule has 5 heteroatoms. The van der Waals surface area contributed by atoms with Crippen LogP contribution in [0.4, 0.5) is 0 Å². The summed E-state index contributed by atoms with van der Waals surface area (Å²) in [6, 6.07) is 6.03. The summed E-state index contributed by atoms with van der Waals surface area (Å²) in [7, 11) is 5.30. The number of aryl methyl sites for hydroxylation is 1. The van der Waals surface area contributed by atoms with Crippen LogP contribution in [0.1, 0.15) is 11.1 Å². The van der Waals surface area contributed by atoms with Crippen LogP contribution < -0.4 is 15.7 Å². The average Bonchev–Trinajstić information content (AvgIpc) is 2.72. The van der Waals surface area contributed by atoms with Crippen LogP contribution in [0.25, 0.3) is 0 Å². The van der Waals surface area contributed by atoms with Gasteiger partial charge in [-0.1, -0.05) is 6.07 Å². The van der Waals surface area contributed by atoms with E-state index in [1.807, 2.05) is 19.2 Å². The highest BCUT2D eigenvalue weighted by molar-refractivity contribution is 5.37. The zero-order valence-corrected chi connectivity index (χ0v) is 11.5. The molecule has 0 radical (unpaired) electrons. The van der Waals surface area contributed by atoms with Crippen LogP contribution >= 0.6 is 0 Å². The van der Waals surface area contributed by atoms with Gasteiger partial charge in [-0.2, -0.15) is 0 Å². The molecule has 0 spiro atoms. The minimum atomic E-state index is -0.0268. The van der Waals surface area contributed by atoms with Gasteiger partial charge in [-0.25, -0.2) is 4.79 Å². The Morgan fingerprint density at radius 3 is 2.68 bits per heavy atom. The normalized spacial score (nSPS) is 10.7. The van der Waals surface area contributed by atoms with E-state index in [0.29, 0.717) is 6.54 Å². The number of benzene rings is 1. The molecule has 0 aliphatic heterocycles. The van der Waals surface area contributed by atoms with Crippen LogP contribution in [0.3, 0.4) is 0 Å². The Morgan fingerprint density at radius 2 is 2.11 bits per heavy atom. The molecule has 2 aromatic rings. The third-order valence-corrected chi connectivity index (χ3v) is 3.08. The molecule has 102 valence electrons. The summed E-state index contributed by atoms with van der Waals surface area (Å²) >= 11 is 0. The lowest BCUT2D eigenvalue weighted by Gasteiger charge is -2.11. The van der Waals surface area contributed by atoms with Crippen molar-refractivity contribution in [2.24, 2.45) is 7.05 Å². The molecule has 0 aliphatic carbocycles. The van der Waals surface area contributed by atoms with E-state index in [-0.39, 0.29) is 5.69 Å². The summed E-state index contributed by atoms with van der Waals surface area (Å²) in [6.07, 6.45) is 3.54. The highest BCUT2D eigenvalue weighted by atomic mass is 16.5. The Bertz CT molecular complexity index is 613. The number of hydrogen-bond donors (Lipinski definition) is 1. The summed E-state index contributed by atoms with van der Waals surface area (Å²) in [5, 5.41) is 3.11. The van der Waals surface area contributed by atoms with Crippen LogP contribution in [0.5, 0.6) is 5.75 Å². The Morgan fingerprint density at radius 1 is 1.32 bits per heavy atom. The molecule has 2 rings (SSSR count). The van der Waals surface area contributed by atoms with Gasteiger partial charge in [0.2, 0.25) is 0 Å². The smallest absolute Gasteiger partial charge is 0.328 e. The average molecular weight is 261 g/mol. The van der Waals surface area contributed by atoms with Crippen molar-refractivity contribution in [3.8, 4) is 5.75 Å². The number of ether oxygens (including phenoxy) is 1. The van der Waals surface area contributed by atoms with E-state index in [9.17, 15) is 4.79 Å².